The molecule has 2 rings (SSSR count). The lowest BCUT2D eigenvalue weighted by Crippen LogP contribution is -2.43. The number of aryl methyl sites for hydroxylation is 1. The summed E-state index contributed by atoms with van der Waals surface area (Å²) in [6, 6.07) is -0.114. The van der Waals surface area contributed by atoms with Crippen LogP contribution in [0.15, 0.2) is 0 Å². The number of urea groups is 1. The fraction of sp³-hybridized carbons (Fsp3) is 0.615. The van der Waals surface area contributed by atoms with Gasteiger partial charge in [0, 0.05) is 37.8 Å². The Bertz CT molecular complexity index is 524. The van der Waals surface area contributed by atoms with E-state index in [1.807, 2.05) is 14.0 Å². The van der Waals surface area contributed by atoms with Gasteiger partial charge >= 0.3 is 12.0 Å². The molecule has 0 radical (unpaired) electrons. The smallest absolute Gasteiger partial charge is 0.359 e. The molecule has 20 heavy (non-hydrogen) atoms. The fourth-order valence-electron chi connectivity index (χ4n) is 2.39. The van der Waals surface area contributed by atoms with Crippen molar-refractivity contribution in [3.05, 3.63) is 17.0 Å². The number of hydrogen-bond donors (Lipinski definition) is 1. The molecule has 0 aliphatic carbocycles. The number of esters is 1. The molecule has 0 aromatic carbocycles. The van der Waals surface area contributed by atoms with Gasteiger partial charge in [0.25, 0.3) is 0 Å². The highest BCUT2D eigenvalue weighted by Gasteiger charge is 2.29. The second-order valence-corrected chi connectivity index (χ2v) is 4.62. The summed E-state index contributed by atoms with van der Waals surface area (Å²) in [5.41, 5.74) is 2.11. The van der Waals surface area contributed by atoms with Gasteiger partial charge in [-0.15, -0.1) is 0 Å². The second kappa shape index (κ2) is 5.94. The fourth-order valence-corrected chi connectivity index (χ4v) is 2.39. The molecule has 0 unspecified atom stereocenters. The van der Waals surface area contributed by atoms with Crippen LogP contribution in [0.1, 0.15) is 35.6 Å². The van der Waals surface area contributed by atoms with Crippen LogP contribution in [-0.4, -0.2) is 46.4 Å². The molecule has 7 heteroatoms. The molecule has 2 heterocycles. The Morgan fingerprint density at radius 2 is 2.15 bits per heavy atom. The van der Waals surface area contributed by atoms with Crippen LogP contribution in [0.5, 0.6) is 0 Å². The third kappa shape index (κ3) is 2.61. The zero-order valence-electron chi connectivity index (χ0n) is 12.1. The van der Waals surface area contributed by atoms with E-state index in [1.54, 1.807) is 16.5 Å². The first kappa shape index (κ1) is 14.4. The van der Waals surface area contributed by atoms with Crippen molar-refractivity contribution < 1.29 is 14.3 Å². The molecular weight excluding hydrogens is 260 g/mol. The van der Waals surface area contributed by atoms with Gasteiger partial charge in [0.05, 0.1) is 13.2 Å². The van der Waals surface area contributed by atoms with Gasteiger partial charge in [-0.05, 0) is 13.8 Å². The molecule has 0 saturated heterocycles. The lowest BCUT2D eigenvalue weighted by atomic mass is 10.1. The standard InChI is InChI=1S/C13H20N4O3/c1-4-14-13(19)17-7-6-10-9(8-17)11(15-16(10)3)12(18)20-5-2/h4-8H2,1-3H3,(H,14,19). The van der Waals surface area contributed by atoms with E-state index < -0.39 is 5.97 Å². The predicted molar refractivity (Wildman–Crippen MR) is 72.4 cm³/mol. The summed E-state index contributed by atoms with van der Waals surface area (Å²) >= 11 is 0. The van der Waals surface area contributed by atoms with E-state index in [9.17, 15) is 9.59 Å². The van der Waals surface area contributed by atoms with Crippen LogP contribution in [-0.2, 0) is 24.8 Å². The zero-order valence-corrected chi connectivity index (χ0v) is 12.1. The highest BCUT2D eigenvalue weighted by Crippen LogP contribution is 2.22. The summed E-state index contributed by atoms with van der Waals surface area (Å²) in [5.74, 6) is -0.429. The van der Waals surface area contributed by atoms with Crippen LogP contribution in [0.25, 0.3) is 0 Å². The van der Waals surface area contributed by atoms with E-state index in [-0.39, 0.29) is 6.03 Å². The lowest BCUT2D eigenvalue weighted by Gasteiger charge is -2.27. The minimum absolute atomic E-state index is 0.114. The van der Waals surface area contributed by atoms with Crippen molar-refractivity contribution in [3.8, 4) is 0 Å². The van der Waals surface area contributed by atoms with E-state index in [2.05, 4.69) is 10.4 Å². The number of hydrogen-bond acceptors (Lipinski definition) is 4. The van der Waals surface area contributed by atoms with Gasteiger partial charge in [-0.3, -0.25) is 4.68 Å². The number of rotatable bonds is 3. The molecule has 1 aliphatic rings. The molecule has 0 fully saturated rings. The second-order valence-electron chi connectivity index (χ2n) is 4.62. The summed E-state index contributed by atoms with van der Waals surface area (Å²) < 4.78 is 6.72. The molecule has 7 nitrogen and oxygen atoms in total. The van der Waals surface area contributed by atoms with Crippen molar-refractivity contribution in [2.24, 2.45) is 7.05 Å². The SMILES string of the molecule is CCNC(=O)N1CCc2c(c(C(=O)OCC)nn2C)C1. The summed E-state index contributed by atoms with van der Waals surface area (Å²) in [5, 5.41) is 7.00. The van der Waals surface area contributed by atoms with Crippen LogP contribution in [0.4, 0.5) is 4.79 Å². The molecule has 1 N–H and O–H groups in total. The zero-order chi connectivity index (χ0) is 14.7. The van der Waals surface area contributed by atoms with E-state index in [0.29, 0.717) is 38.4 Å². The average Bonchev–Trinajstić information content (AvgIpc) is 2.76. The maximum Gasteiger partial charge on any atom is 0.359 e. The first-order valence-electron chi connectivity index (χ1n) is 6.83. The van der Waals surface area contributed by atoms with Crippen LogP contribution < -0.4 is 5.32 Å². The van der Waals surface area contributed by atoms with Gasteiger partial charge < -0.3 is 15.0 Å². The van der Waals surface area contributed by atoms with Gasteiger partial charge in [0.1, 0.15) is 0 Å². The molecule has 1 aromatic rings. The predicted octanol–water partition coefficient (Wildman–Crippen LogP) is 0.684. The Balaban J connectivity index is 2.25. The van der Waals surface area contributed by atoms with Crippen molar-refractivity contribution in [3.63, 3.8) is 0 Å². The van der Waals surface area contributed by atoms with E-state index in [0.717, 1.165) is 11.3 Å². The third-order valence-corrected chi connectivity index (χ3v) is 3.33. The maximum atomic E-state index is 11.9. The topological polar surface area (TPSA) is 76.5 Å². The highest BCUT2D eigenvalue weighted by atomic mass is 16.5. The third-order valence-electron chi connectivity index (χ3n) is 3.33. The van der Waals surface area contributed by atoms with E-state index >= 15 is 0 Å². The number of nitrogens with one attached hydrogen (secondary N) is 1. The Hall–Kier alpha value is -2.05. The van der Waals surface area contributed by atoms with Gasteiger partial charge in [0.15, 0.2) is 5.69 Å². The Morgan fingerprint density at radius 3 is 2.80 bits per heavy atom. The monoisotopic (exact) mass is 280 g/mol. The van der Waals surface area contributed by atoms with Crippen molar-refractivity contribution in [1.29, 1.82) is 0 Å². The lowest BCUT2D eigenvalue weighted by molar-refractivity contribution is 0.0516. The van der Waals surface area contributed by atoms with Gasteiger partial charge in [-0.1, -0.05) is 0 Å². The van der Waals surface area contributed by atoms with Crippen molar-refractivity contribution in [2.45, 2.75) is 26.8 Å². The van der Waals surface area contributed by atoms with E-state index in [4.69, 9.17) is 4.74 Å². The number of aromatic nitrogens is 2. The van der Waals surface area contributed by atoms with Gasteiger partial charge in [0.2, 0.25) is 0 Å². The van der Waals surface area contributed by atoms with Crippen molar-refractivity contribution in [2.75, 3.05) is 19.7 Å². The molecular formula is C13H20N4O3. The van der Waals surface area contributed by atoms with Crippen molar-refractivity contribution in [1.82, 2.24) is 20.0 Å². The molecule has 0 bridgehead atoms. The number of nitrogens with zero attached hydrogens (tertiary/aromatic N) is 3. The molecule has 1 aliphatic heterocycles. The minimum atomic E-state index is -0.429. The molecule has 0 atom stereocenters. The average molecular weight is 280 g/mol. The van der Waals surface area contributed by atoms with Gasteiger partial charge in [-0.2, -0.15) is 5.10 Å². The molecule has 110 valence electrons. The first-order chi connectivity index (χ1) is 9.58. The van der Waals surface area contributed by atoms with E-state index in [1.165, 1.54) is 0 Å². The van der Waals surface area contributed by atoms with Crippen molar-refractivity contribution >= 4 is 12.0 Å². The highest BCUT2D eigenvalue weighted by molar-refractivity contribution is 5.89. The normalized spacial score (nSPS) is 13.8. The number of ether oxygens (including phenoxy) is 1. The first-order valence-corrected chi connectivity index (χ1v) is 6.83. The number of fused-ring (bicyclic) bond motifs is 1. The maximum absolute atomic E-state index is 11.9. The van der Waals surface area contributed by atoms with Crippen LogP contribution in [0.3, 0.4) is 0 Å². The summed E-state index contributed by atoms with van der Waals surface area (Å²) in [4.78, 5) is 25.5. The molecule has 1 aromatic heterocycles. The molecule has 2 amide bonds. The Kier molecular flexibility index (Phi) is 4.26. The number of carbonyl (C=O) groups is 2. The molecule has 0 spiro atoms. The Labute approximate surface area is 117 Å². The van der Waals surface area contributed by atoms with Crippen LogP contribution >= 0.6 is 0 Å². The Morgan fingerprint density at radius 1 is 1.40 bits per heavy atom. The van der Waals surface area contributed by atoms with Crippen LogP contribution in [0.2, 0.25) is 0 Å². The summed E-state index contributed by atoms with van der Waals surface area (Å²) in [7, 11) is 1.81. The summed E-state index contributed by atoms with van der Waals surface area (Å²) in [6.45, 7) is 5.55. The quantitative estimate of drug-likeness (QED) is 0.826. The minimum Gasteiger partial charge on any atom is -0.461 e. The van der Waals surface area contributed by atoms with Gasteiger partial charge in [-0.25, -0.2) is 9.59 Å². The largest absolute Gasteiger partial charge is 0.461 e. The number of amides is 2. The summed E-state index contributed by atoms with van der Waals surface area (Å²) in [6.07, 6.45) is 0.690. The number of carbonyl (C=O) groups excluding carboxylic acids is 2. The molecule has 0 saturated carbocycles. The van der Waals surface area contributed by atoms with Crippen LogP contribution in [0, 0.1) is 0 Å².